The summed E-state index contributed by atoms with van der Waals surface area (Å²) in [6.07, 6.45) is 1.83. The molecule has 0 aliphatic carbocycles. The summed E-state index contributed by atoms with van der Waals surface area (Å²) in [5.41, 5.74) is 7.85. The van der Waals surface area contributed by atoms with Crippen molar-refractivity contribution >= 4 is 5.97 Å². The Morgan fingerprint density at radius 2 is 1.95 bits per heavy atom. The van der Waals surface area contributed by atoms with Crippen LogP contribution >= 0.6 is 0 Å². The first kappa shape index (κ1) is 14.2. The normalized spacial score (nSPS) is 12.3. The number of carboxylic acid groups (broad SMARTS) is 1. The number of aliphatic hydroxyl groups is 1. The Morgan fingerprint density at radius 3 is 2.55 bits per heavy atom. The Bertz CT molecular complexity index is 580. The molecule has 4 N–H and O–H groups in total. The standard InChI is InChI=1S/C13H16N4O3/c14-12(13(19)20)5-11-7-17(16-15-11)6-9-1-3-10(8-18)4-2-9/h1-4,7,12,18H,5-6,8,14H2,(H,19,20). The number of nitrogens with two attached hydrogens (primary N) is 1. The molecular formula is C13H16N4O3. The van der Waals surface area contributed by atoms with Crippen LogP contribution in [-0.2, 0) is 24.4 Å². The van der Waals surface area contributed by atoms with Crippen LogP contribution in [0.15, 0.2) is 30.5 Å². The molecule has 0 spiro atoms. The molecule has 7 nitrogen and oxygen atoms in total. The van der Waals surface area contributed by atoms with Crippen molar-refractivity contribution < 1.29 is 15.0 Å². The van der Waals surface area contributed by atoms with E-state index in [1.807, 2.05) is 24.3 Å². The zero-order valence-electron chi connectivity index (χ0n) is 10.8. The molecule has 0 saturated carbocycles. The van der Waals surface area contributed by atoms with Crippen molar-refractivity contribution in [3.8, 4) is 0 Å². The molecule has 1 heterocycles. The maximum absolute atomic E-state index is 10.7. The monoisotopic (exact) mass is 276 g/mol. The lowest BCUT2D eigenvalue weighted by Gasteiger charge is -2.03. The SMILES string of the molecule is NC(Cc1cn(Cc2ccc(CO)cc2)nn1)C(=O)O. The van der Waals surface area contributed by atoms with Gasteiger partial charge in [0.2, 0.25) is 0 Å². The summed E-state index contributed by atoms with van der Waals surface area (Å²) in [6.45, 7) is 0.544. The second-order valence-electron chi connectivity index (χ2n) is 4.53. The van der Waals surface area contributed by atoms with Gasteiger partial charge in [-0.15, -0.1) is 5.10 Å². The van der Waals surface area contributed by atoms with Crippen LogP contribution in [0, 0.1) is 0 Å². The number of hydrogen-bond acceptors (Lipinski definition) is 5. The van der Waals surface area contributed by atoms with Crippen LogP contribution in [0.2, 0.25) is 0 Å². The molecule has 20 heavy (non-hydrogen) atoms. The maximum atomic E-state index is 10.7. The minimum absolute atomic E-state index is 0.0147. The van der Waals surface area contributed by atoms with Crippen molar-refractivity contribution in [2.45, 2.75) is 25.6 Å². The van der Waals surface area contributed by atoms with E-state index in [9.17, 15) is 4.79 Å². The fourth-order valence-corrected chi connectivity index (χ4v) is 1.76. The largest absolute Gasteiger partial charge is 0.480 e. The van der Waals surface area contributed by atoms with Crippen LogP contribution in [0.25, 0.3) is 0 Å². The molecule has 1 atom stereocenters. The molecule has 7 heteroatoms. The summed E-state index contributed by atoms with van der Waals surface area (Å²) in [5.74, 6) is -1.06. The summed E-state index contributed by atoms with van der Waals surface area (Å²) >= 11 is 0. The number of nitrogens with zero attached hydrogens (tertiary/aromatic N) is 3. The topological polar surface area (TPSA) is 114 Å². The molecule has 0 aliphatic heterocycles. The fraction of sp³-hybridized carbons (Fsp3) is 0.308. The first-order chi connectivity index (χ1) is 9.58. The van der Waals surface area contributed by atoms with Crippen molar-refractivity contribution in [1.29, 1.82) is 0 Å². The molecule has 2 rings (SSSR count). The van der Waals surface area contributed by atoms with Crippen molar-refractivity contribution in [1.82, 2.24) is 15.0 Å². The van der Waals surface area contributed by atoms with Gasteiger partial charge in [0.25, 0.3) is 0 Å². The molecule has 0 fully saturated rings. The van der Waals surface area contributed by atoms with Gasteiger partial charge in [0, 0.05) is 12.6 Å². The Morgan fingerprint density at radius 1 is 1.30 bits per heavy atom. The summed E-state index contributed by atoms with van der Waals surface area (Å²) in [5, 5.41) is 25.5. The Kier molecular flexibility index (Phi) is 4.44. The second-order valence-corrected chi connectivity index (χ2v) is 4.53. The van der Waals surface area contributed by atoms with E-state index in [0.717, 1.165) is 11.1 Å². The van der Waals surface area contributed by atoms with E-state index in [-0.39, 0.29) is 13.0 Å². The van der Waals surface area contributed by atoms with Crippen molar-refractivity contribution in [3.05, 3.63) is 47.3 Å². The summed E-state index contributed by atoms with van der Waals surface area (Å²) < 4.78 is 1.62. The number of benzene rings is 1. The molecule has 1 unspecified atom stereocenters. The van der Waals surface area contributed by atoms with E-state index in [2.05, 4.69) is 10.3 Å². The van der Waals surface area contributed by atoms with Gasteiger partial charge in [-0.25, -0.2) is 4.68 Å². The van der Waals surface area contributed by atoms with Crippen LogP contribution in [0.1, 0.15) is 16.8 Å². The van der Waals surface area contributed by atoms with Crippen molar-refractivity contribution in [2.75, 3.05) is 0 Å². The number of carboxylic acids is 1. The highest BCUT2D eigenvalue weighted by molar-refractivity contribution is 5.73. The highest BCUT2D eigenvalue weighted by Crippen LogP contribution is 2.07. The van der Waals surface area contributed by atoms with E-state index < -0.39 is 12.0 Å². The second kappa shape index (κ2) is 6.27. The zero-order chi connectivity index (χ0) is 14.5. The minimum atomic E-state index is -1.06. The van der Waals surface area contributed by atoms with E-state index in [1.165, 1.54) is 0 Å². The van der Waals surface area contributed by atoms with Crippen molar-refractivity contribution in [2.24, 2.45) is 5.73 Å². The molecule has 0 saturated heterocycles. The van der Waals surface area contributed by atoms with E-state index in [4.69, 9.17) is 15.9 Å². The highest BCUT2D eigenvalue weighted by Gasteiger charge is 2.14. The zero-order valence-corrected chi connectivity index (χ0v) is 10.8. The first-order valence-electron chi connectivity index (χ1n) is 6.14. The maximum Gasteiger partial charge on any atom is 0.320 e. The first-order valence-corrected chi connectivity index (χ1v) is 6.14. The van der Waals surface area contributed by atoms with Gasteiger partial charge < -0.3 is 15.9 Å². The fourth-order valence-electron chi connectivity index (χ4n) is 1.76. The average molecular weight is 276 g/mol. The van der Waals surface area contributed by atoms with E-state index in [1.54, 1.807) is 10.9 Å². The third kappa shape index (κ3) is 3.62. The van der Waals surface area contributed by atoms with Crippen LogP contribution in [-0.4, -0.2) is 37.2 Å². The van der Waals surface area contributed by atoms with Gasteiger partial charge in [-0.2, -0.15) is 0 Å². The van der Waals surface area contributed by atoms with Crippen LogP contribution in [0.4, 0.5) is 0 Å². The summed E-state index contributed by atoms with van der Waals surface area (Å²) in [4.78, 5) is 10.7. The lowest BCUT2D eigenvalue weighted by Crippen LogP contribution is -2.32. The number of rotatable bonds is 6. The minimum Gasteiger partial charge on any atom is -0.480 e. The number of hydrogen-bond donors (Lipinski definition) is 3. The Balaban J connectivity index is 1.99. The molecule has 2 aromatic rings. The lowest BCUT2D eigenvalue weighted by molar-refractivity contribution is -0.138. The summed E-state index contributed by atoms with van der Waals surface area (Å²) in [6, 6.07) is 6.51. The average Bonchev–Trinajstić information content (AvgIpc) is 2.86. The van der Waals surface area contributed by atoms with Crippen LogP contribution in [0.3, 0.4) is 0 Å². The highest BCUT2D eigenvalue weighted by atomic mass is 16.4. The molecule has 106 valence electrons. The lowest BCUT2D eigenvalue weighted by atomic mass is 10.1. The molecule has 0 bridgehead atoms. The van der Waals surface area contributed by atoms with Gasteiger partial charge in [0.05, 0.1) is 18.8 Å². The molecule has 1 aromatic heterocycles. The van der Waals surface area contributed by atoms with Gasteiger partial charge in [-0.3, -0.25) is 4.79 Å². The number of aromatic nitrogens is 3. The predicted molar refractivity (Wildman–Crippen MR) is 70.8 cm³/mol. The van der Waals surface area contributed by atoms with Crippen LogP contribution < -0.4 is 5.73 Å². The van der Waals surface area contributed by atoms with E-state index >= 15 is 0 Å². The van der Waals surface area contributed by atoms with Crippen molar-refractivity contribution in [3.63, 3.8) is 0 Å². The molecule has 1 aromatic carbocycles. The van der Waals surface area contributed by atoms with Gasteiger partial charge in [-0.1, -0.05) is 29.5 Å². The third-order valence-electron chi connectivity index (χ3n) is 2.88. The number of aliphatic hydroxyl groups excluding tert-OH is 1. The van der Waals surface area contributed by atoms with Crippen LogP contribution in [0.5, 0.6) is 0 Å². The van der Waals surface area contributed by atoms with Gasteiger partial charge in [-0.05, 0) is 11.1 Å². The predicted octanol–water partition coefficient (Wildman–Crippen LogP) is -0.227. The summed E-state index contributed by atoms with van der Waals surface area (Å²) in [7, 11) is 0. The van der Waals surface area contributed by atoms with Gasteiger partial charge >= 0.3 is 5.97 Å². The molecule has 0 aliphatic rings. The number of carbonyl (C=O) groups is 1. The smallest absolute Gasteiger partial charge is 0.320 e. The van der Waals surface area contributed by atoms with E-state index in [0.29, 0.717) is 12.2 Å². The molecular weight excluding hydrogens is 260 g/mol. The quantitative estimate of drug-likeness (QED) is 0.671. The third-order valence-corrected chi connectivity index (χ3v) is 2.88. The molecule has 0 radical (unpaired) electrons. The molecule has 0 amide bonds. The number of aliphatic carboxylic acids is 1. The Hall–Kier alpha value is -2.25. The van der Waals surface area contributed by atoms with Gasteiger partial charge in [0.1, 0.15) is 6.04 Å². The van der Waals surface area contributed by atoms with Gasteiger partial charge in [0.15, 0.2) is 0 Å². The Labute approximate surface area is 115 Å².